The first-order chi connectivity index (χ1) is 18.4. The predicted octanol–water partition coefficient (Wildman–Crippen LogP) is 5.44. The molecule has 38 heavy (non-hydrogen) atoms. The lowest BCUT2D eigenvalue weighted by Crippen LogP contribution is -2.15. The minimum atomic E-state index is -0.518. The molecule has 0 fully saturated rings. The lowest BCUT2D eigenvalue weighted by molar-refractivity contribution is -0.384. The number of methoxy groups -OCH3 is 2. The fourth-order valence-corrected chi connectivity index (χ4v) is 3.75. The summed E-state index contributed by atoms with van der Waals surface area (Å²) < 4.78 is 16.1. The number of nitrogens with zero attached hydrogens (tertiary/aromatic N) is 3. The van der Waals surface area contributed by atoms with Crippen LogP contribution in [0.5, 0.6) is 11.5 Å². The van der Waals surface area contributed by atoms with E-state index in [4.69, 9.17) is 14.2 Å². The molecule has 1 N–H and O–H groups in total. The van der Waals surface area contributed by atoms with Gasteiger partial charge in [-0.3, -0.25) is 14.9 Å². The van der Waals surface area contributed by atoms with Crippen LogP contribution in [0.1, 0.15) is 15.9 Å². The summed E-state index contributed by atoms with van der Waals surface area (Å²) in [7, 11) is 3.00. The van der Waals surface area contributed by atoms with Crippen molar-refractivity contribution in [2.24, 2.45) is 0 Å². The van der Waals surface area contributed by atoms with E-state index in [0.717, 1.165) is 0 Å². The van der Waals surface area contributed by atoms with Crippen molar-refractivity contribution in [3.63, 3.8) is 0 Å². The second kappa shape index (κ2) is 11.6. The summed E-state index contributed by atoms with van der Waals surface area (Å²) in [5, 5.41) is 24.2. The van der Waals surface area contributed by atoms with Crippen molar-refractivity contribution in [2.75, 3.05) is 26.3 Å². The Labute approximate surface area is 218 Å². The third-order valence-corrected chi connectivity index (χ3v) is 5.56. The van der Waals surface area contributed by atoms with E-state index in [1.807, 2.05) is 0 Å². The third kappa shape index (κ3) is 5.59. The number of nitro benzene ring substituents is 1. The Morgan fingerprint density at radius 2 is 1.82 bits per heavy atom. The predicted molar refractivity (Wildman–Crippen MR) is 140 cm³/mol. The highest BCUT2D eigenvalue weighted by molar-refractivity contribution is 6.05. The summed E-state index contributed by atoms with van der Waals surface area (Å²) in [5.74, 6) is 0.440. The Hall–Kier alpha value is -5.27. The van der Waals surface area contributed by atoms with Gasteiger partial charge < -0.3 is 19.5 Å². The van der Waals surface area contributed by atoms with Crippen LogP contribution in [-0.4, -0.2) is 36.8 Å². The monoisotopic (exact) mass is 510 g/mol. The number of ether oxygens (including phenoxy) is 3. The summed E-state index contributed by atoms with van der Waals surface area (Å²) in [6.45, 7) is -0.0498. The topological polar surface area (TPSA) is 137 Å². The van der Waals surface area contributed by atoms with Gasteiger partial charge in [-0.05, 0) is 35.9 Å². The van der Waals surface area contributed by atoms with Gasteiger partial charge in [0.1, 0.15) is 23.1 Å². The first kappa shape index (κ1) is 25.8. The molecular weight excluding hydrogens is 488 g/mol. The van der Waals surface area contributed by atoms with Crippen molar-refractivity contribution < 1.29 is 23.9 Å². The number of rotatable bonds is 9. The van der Waals surface area contributed by atoms with Gasteiger partial charge in [0.05, 0.1) is 17.7 Å². The minimum Gasteiger partial charge on any atom is -0.497 e. The number of aromatic nitrogens is 1. The maximum atomic E-state index is 13.0. The normalized spacial score (nSPS) is 10.3. The van der Waals surface area contributed by atoms with Crippen LogP contribution in [0.15, 0.2) is 78.9 Å². The Kier molecular flexibility index (Phi) is 7.91. The lowest BCUT2D eigenvalue weighted by atomic mass is 9.97. The maximum Gasteiger partial charge on any atom is 0.270 e. The van der Waals surface area contributed by atoms with Gasteiger partial charge in [-0.25, -0.2) is 4.98 Å². The zero-order valence-corrected chi connectivity index (χ0v) is 20.5. The molecule has 0 aliphatic rings. The zero-order valence-electron chi connectivity index (χ0n) is 20.5. The minimum absolute atomic E-state index is 0.00568. The fourth-order valence-electron chi connectivity index (χ4n) is 3.75. The van der Waals surface area contributed by atoms with E-state index < -0.39 is 10.8 Å². The molecule has 4 rings (SSSR count). The molecule has 0 aliphatic heterocycles. The molecule has 0 unspecified atom stereocenters. The number of nitriles is 1. The van der Waals surface area contributed by atoms with Gasteiger partial charge in [0, 0.05) is 42.0 Å². The summed E-state index contributed by atoms with van der Waals surface area (Å²) in [5.41, 5.74) is 1.89. The summed E-state index contributed by atoms with van der Waals surface area (Å²) in [6.07, 6.45) is 0. The van der Waals surface area contributed by atoms with Gasteiger partial charge in [-0.15, -0.1) is 0 Å². The maximum absolute atomic E-state index is 13.0. The van der Waals surface area contributed by atoms with E-state index in [1.54, 1.807) is 60.7 Å². The molecule has 3 aromatic carbocycles. The molecule has 0 spiro atoms. The van der Waals surface area contributed by atoms with Gasteiger partial charge >= 0.3 is 0 Å². The molecule has 0 bridgehead atoms. The molecule has 0 radical (unpaired) electrons. The number of hydrogen-bond donors (Lipinski definition) is 1. The number of nitro groups is 1. The smallest absolute Gasteiger partial charge is 0.270 e. The van der Waals surface area contributed by atoms with Crippen LogP contribution in [-0.2, 0) is 4.74 Å². The highest BCUT2D eigenvalue weighted by atomic mass is 16.7. The second-order valence-electron chi connectivity index (χ2n) is 7.93. The van der Waals surface area contributed by atoms with Crippen LogP contribution in [0.4, 0.5) is 11.5 Å². The average Bonchev–Trinajstić information content (AvgIpc) is 2.96. The van der Waals surface area contributed by atoms with Crippen molar-refractivity contribution in [2.45, 2.75) is 0 Å². The van der Waals surface area contributed by atoms with E-state index in [-0.39, 0.29) is 23.9 Å². The van der Waals surface area contributed by atoms with Gasteiger partial charge in [-0.2, -0.15) is 5.26 Å². The number of amides is 1. The van der Waals surface area contributed by atoms with Gasteiger partial charge in [0.15, 0.2) is 12.6 Å². The van der Waals surface area contributed by atoms with Crippen LogP contribution in [0, 0.1) is 21.4 Å². The van der Waals surface area contributed by atoms with E-state index in [9.17, 15) is 20.2 Å². The molecule has 0 saturated carbocycles. The van der Waals surface area contributed by atoms with Crippen LogP contribution in [0.2, 0.25) is 0 Å². The number of anilines is 1. The van der Waals surface area contributed by atoms with E-state index in [2.05, 4.69) is 16.4 Å². The van der Waals surface area contributed by atoms with E-state index in [1.165, 1.54) is 32.4 Å². The molecule has 4 aromatic rings. The SMILES string of the molecule is COCOc1cc(OC)ccc1-c1cc(-c2cccc([N+](=O)[O-])c2)c(C#N)c(NC(=O)c2ccccc2)n1. The Balaban J connectivity index is 1.94. The number of nitrogens with one attached hydrogen (secondary N) is 1. The Morgan fingerprint density at radius 3 is 2.50 bits per heavy atom. The van der Waals surface area contributed by atoms with Gasteiger partial charge in [0.2, 0.25) is 0 Å². The largest absolute Gasteiger partial charge is 0.497 e. The lowest BCUT2D eigenvalue weighted by Gasteiger charge is -2.16. The van der Waals surface area contributed by atoms with Gasteiger partial charge in [0.25, 0.3) is 11.6 Å². The van der Waals surface area contributed by atoms with Crippen molar-refractivity contribution >= 4 is 17.4 Å². The molecule has 0 saturated heterocycles. The number of benzene rings is 3. The fraction of sp³-hybridized carbons (Fsp3) is 0.107. The van der Waals surface area contributed by atoms with E-state index in [0.29, 0.717) is 39.4 Å². The molecule has 10 heteroatoms. The standard InChI is InChI=1S/C28H22N4O6/c1-36-17-38-26-14-21(37-2)11-12-22(26)25-15-23(19-9-6-10-20(13-19)32(34)35)24(16-29)27(30-25)31-28(33)18-7-4-3-5-8-18/h3-15H,17H2,1-2H3,(H,30,31,33). The third-order valence-electron chi connectivity index (χ3n) is 5.56. The van der Waals surface area contributed by atoms with Crippen molar-refractivity contribution in [1.82, 2.24) is 4.98 Å². The van der Waals surface area contributed by atoms with Crippen LogP contribution in [0.25, 0.3) is 22.4 Å². The van der Waals surface area contributed by atoms with Crippen LogP contribution < -0.4 is 14.8 Å². The van der Waals surface area contributed by atoms with Crippen LogP contribution in [0.3, 0.4) is 0 Å². The summed E-state index contributed by atoms with van der Waals surface area (Å²) >= 11 is 0. The highest BCUT2D eigenvalue weighted by Gasteiger charge is 2.21. The molecule has 0 atom stereocenters. The van der Waals surface area contributed by atoms with E-state index >= 15 is 0 Å². The van der Waals surface area contributed by atoms with Crippen molar-refractivity contribution in [3.8, 4) is 40.0 Å². The molecular formula is C28H22N4O6. The quantitative estimate of drug-likeness (QED) is 0.179. The number of pyridine rings is 1. The summed E-state index contributed by atoms with van der Waals surface area (Å²) in [6, 6.07) is 23.2. The summed E-state index contributed by atoms with van der Waals surface area (Å²) in [4.78, 5) is 28.5. The molecule has 1 amide bonds. The molecule has 0 aliphatic carbocycles. The zero-order chi connectivity index (χ0) is 27.1. The number of hydrogen-bond acceptors (Lipinski definition) is 8. The van der Waals surface area contributed by atoms with Gasteiger partial charge in [-0.1, -0.05) is 30.3 Å². The Morgan fingerprint density at radius 1 is 1.03 bits per heavy atom. The molecule has 1 heterocycles. The highest BCUT2D eigenvalue weighted by Crippen LogP contribution is 2.38. The second-order valence-corrected chi connectivity index (χ2v) is 7.93. The van der Waals surface area contributed by atoms with Crippen LogP contribution >= 0.6 is 0 Å². The first-order valence-corrected chi connectivity index (χ1v) is 11.3. The molecule has 10 nitrogen and oxygen atoms in total. The number of carbonyl (C=O) groups excluding carboxylic acids is 1. The molecule has 1 aromatic heterocycles. The van der Waals surface area contributed by atoms with Crippen molar-refractivity contribution in [1.29, 1.82) is 5.26 Å². The Bertz CT molecular complexity index is 1530. The average molecular weight is 511 g/mol. The first-order valence-electron chi connectivity index (χ1n) is 11.3. The number of carbonyl (C=O) groups is 1. The van der Waals surface area contributed by atoms with Crippen molar-refractivity contribution in [3.05, 3.63) is 100 Å². The number of non-ortho nitro benzene ring substituents is 1. The molecule has 190 valence electrons.